The molecule has 2 amide bonds. The topological polar surface area (TPSA) is 58.2 Å². The monoisotopic (exact) mass is 372 g/mol. The van der Waals surface area contributed by atoms with Gasteiger partial charge in [-0.1, -0.05) is 78.9 Å². The van der Waals surface area contributed by atoms with Crippen LogP contribution in [-0.4, -0.2) is 18.4 Å². The molecule has 28 heavy (non-hydrogen) atoms. The molecule has 0 radical (unpaired) electrons. The van der Waals surface area contributed by atoms with Gasteiger partial charge >= 0.3 is 0 Å². The van der Waals surface area contributed by atoms with Crippen molar-refractivity contribution in [2.45, 2.75) is 19.3 Å². The Hall–Kier alpha value is -3.40. The molecule has 0 atom stereocenters. The molecular weight excluding hydrogens is 348 g/mol. The second kappa shape index (κ2) is 9.51. The van der Waals surface area contributed by atoms with Crippen molar-refractivity contribution in [3.8, 4) is 0 Å². The highest BCUT2D eigenvalue weighted by Gasteiger charge is 2.18. The minimum absolute atomic E-state index is 0.0521. The van der Waals surface area contributed by atoms with Crippen molar-refractivity contribution in [1.82, 2.24) is 5.32 Å². The van der Waals surface area contributed by atoms with E-state index >= 15 is 0 Å². The van der Waals surface area contributed by atoms with Crippen LogP contribution in [0.3, 0.4) is 0 Å². The molecule has 0 saturated carbocycles. The fourth-order valence-corrected chi connectivity index (χ4v) is 3.14. The maximum absolute atomic E-state index is 12.5. The number of nitrogens with one attached hydrogen (secondary N) is 2. The van der Waals surface area contributed by atoms with Crippen molar-refractivity contribution in [2.75, 3.05) is 11.9 Å². The van der Waals surface area contributed by atoms with Gasteiger partial charge in [0.2, 0.25) is 11.8 Å². The molecule has 0 fully saturated rings. The number of aryl methyl sites for hydroxylation is 1. The van der Waals surface area contributed by atoms with Gasteiger partial charge in [0, 0.05) is 18.0 Å². The second-order valence-corrected chi connectivity index (χ2v) is 6.72. The van der Waals surface area contributed by atoms with E-state index in [0.29, 0.717) is 0 Å². The zero-order valence-electron chi connectivity index (χ0n) is 15.9. The van der Waals surface area contributed by atoms with E-state index in [0.717, 1.165) is 22.4 Å². The summed E-state index contributed by atoms with van der Waals surface area (Å²) in [6, 6.07) is 27.5. The quantitative estimate of drug-likeness (QED) is 0.651. The van der Waals surface area contributed by atoms with E-state index in [1.54, 1.807) is 0 Å². The first-order chi connectivity index (χ1) is 13.6. The zero-order valence-corrected chi connectivity index (χ0v) is 15.9. The largest absolute Gasteiger partial charge is 0.347 e. The van der Waals surface area contributed by atoms with E-state index in [1.807, 2.05) is 91.9 Å². The van der Waals surface area contributed by atoms with Crippen LogP contribution >= 0.6 is 0 Å². The van der Waals surface area contributed by atoms with Gasteiger partial charge in [-0.2, -0.15) is 0 Å². The Morgan fingerprint density at radius 1 is 0.750 bits per heavy atom. The molecule has 3 rings (SSSR count). The fraction of sp³-hybridized carbons (Fsp3) is 0.167. The van der Waals surface area contributed by atoms with Crippen molar-refractivity contribution >= 4 is 17.5 Å². The third kappa shape index (κ3) is 5.30. The Bertz CT molecular complexity index is 884. The highest BCUT2D eigenvalue weighted by molar-refractivity contribution is 5.95. The normalized spacial score (nSPS) is 10.5. The number of carbonyl (C=O) groups excluding carboxylic acids is 2. The molecule has 0 saturated heterocycles. The number of hydrogen-bond acceptors (Lipinski definition) is 2. The Kier molecular flexibility index (Phi) is 6.58. The maximum atomic E-state index is 12.5. The minimum atomic E-state index is -0.237. The summed E-state index contributed by atoms with van der Waals surface area (Å²) in [5, 5.41) is 5.57. The van der Waals surface area contributed by atoms with Crippen LogP contribution in [0, 0.1) is 6.92 Å². The molecule has 0 unspecified atom stereocenters. The van der Waals surface area contributed by atoms with Gasteiger partial charge in [0.1, 0.15) is 0 Å². The Morgan fingerprint density at radius 2 is 1.29 bits per heavy atom. The molecule has 4 nitrogen and oxygen atoms in total. The Labute approximate surface area is 165 Å². The first-order valence-electron chi connectivity index (χ1n) is 9.35. The summed E-state index contributed by atoms with van der Waals surface area (Å²) in [5.41, 5.74) is 3.89. The van der Waals surface area contributed by atoms with Gasteiger partial charge in [0.25, 0.3) is 0 Å². The molecule has 0 aliphatic carbocycles. The van der Waals surface area contributed by atoms with E-state index in [4.69, 9.17) is 0 Å². The first-order valence-corrected chi connectivity index (χ1v) is 9.35. The van der Waals surface area contributed by atoms with Crippen LogP contribution in [0.2, 0.25) is 0 Å². The SMILES string of the molecule is Cc1ccccc1NC(=O)CNC(=O)CC(c1ccccc1)c1ccccc1. The summed E-state index contributed by atoms with van der Waals surface area (Å²) in [7, 11) is 0. The Morgan fingerprint density at radius 3 is 1.86 bits per heavy atom. The molecule has 3 aromatic carbocycles. The molecular formula is C24H24N2O2. The molecule has 3 aromatic rings. The molecule has 0 aromatic heterocycles. The fourth-order valence-electron chi connectivity index (χ4n) is 3.14. The summed E-state index contributed by atoms with van der Waals surface area (Å²) in [6.07, 6.45) is 0.283. The lowest BCUT2D eigenvalue weighted by molar-refractivity contribution is -0.124. The van der Waals surface area contributed by atoms with E-state index in [2.05, 4.69) is 10.6 Å². The summed E-state index contributed by atoms with van der Waals surface area (Å²) in [6.45, 7) is 1.88. The lowest BCUT2D eigenvalue weighted by Gasteiger charge is -2.18. The molecule has 4 heteroatoms. The average Bonchev–Trinajstić information content (AvgIpc) is 2.73. The van der Waals surface area contributed by atoms with Crippen LogP contribution < -0.4 is 10.6 Å². The molecule has 142 valence electrons. The molecule has 0 spiro atoms. The first kappa shape index (κ1) is 19.4. The van der Waals surface area contributed by atoms with E-state index < -0.39 is 0 Å². The number of carbonyl (C=O) groups is 2. The highest BCUT2D eigenvalue weighted by atomic mass is 16.2. The lowest BCUT2D eigenvalue weighted by atomic mass is 9.88. The second-order valence-electron chi connectivity index (χ2n) is 6.72. The van der Waals surface area contributed by atoms with Gasteiger partial charge in [-0.25, -0.2) is 0 Å². The minimum Gasteiger partial charge on any atom is -0.347 e. The standard InChI is InChI=1S/C24H24N2O2/c1-18-10-8-9-15-22(18)26-24(28)17-25-23(27)16-21(19-11-4-2-5-12-19)20-13-6-3-7-14-20/h2-15,21H,16-17H2,1H3,(H,25,27)(H,26,28). The van der Waals surface area contributed by atoms with Crippen LogP contribution in [0.4, 0.5) is 5.69 Å². The summed E-state index contributed by atoms with van der Waals surface area (Å²) in [5.74, 6) is -0.446. The van der Waals surface area contributed by atoms with Gasteiger partial charge in [-0.15, -0.1) is 0 Å². The number of para-hydroxylation sites is 1. The van der Waals surface area contributed by atoms with E-state index in [9.17, 15) is 9.59 Å². The van der Waals surface area contributed by atoms with Gasteiger partial charge < -0.3 is 10.6 Å². The van der Waals surface area contributed by atoms with Crippen molar-refractivity contribution < 1.29 is 9.59 Å². The molecule has 0 bridgehead atoms. The van der Waals surface area contributed by atoms with E-state index in [-0.39, 0.29) is 30.7 Å². The number of amides is 2. The van der Waals surface area contributed by atoms with Crippen LogP contribution in [0.1, 0.15) is 29.0 Å². The molecule has 0 aliphatic rings. The van der Waals surface area contributed by atoms with Gasteiger partial charge in [-0.05, 0) is 29.7 Å². The van der Waals surface area contributed by atoms with Gasteiger partial charge in [0.05, 0.1) is 6.54 Å². The summed E-state index contributed by atoms with van der Waals surface area (Å²) >= 11 is 0. The predicted molar refractivity (Wildman–Crippen MR) is 112 cm³/mol. The summed E-state index contributed by atoms with van der Waals surface area (Å²) < 4.78 is 0. The van der Waals surface area contributed by atoms with Crippen LogP contribution in [-0.2, 0) is 9.59 Å². The Balaban J connectivity index is 1.61. The van der Waals surface area contributed by atoms with E-state index in [1.165, 1.54) is 0 Å². The molecule has 0 heterocycles. The van der Waals surface area contributed by atoms with Gasteiger partial charge in [0.15, 0.2) is 0 Å². The number of hydrogen-bond donors (Lipinski definition) is 2. The maximum Gasteiger partial charge on any atom is 0.243 e. The highest BCUT2D eigenvalue weighted by Crippen LogP contribution is 2.27. The number of rotatable bonds is 7. The number of benzene rings is 3. The third-order valence-electron chi connectivity index (χ3n) is 4.66. The van der Waals surface area contributed by atoms with Crippen molar-refractivity contribution in [1.29, 1.82) is 0 Å². The predicted octanol–water partition coefficient (Wildman–Crippen LogP) is 4.27. The van der Waals surface area contributed by atoms with Crippen LogP contribution in [0.5, 0.6) is 0 Å². The molecule has 0 aliphatic heterocycles. The lowest BCUT2D eigenvalue weighted by Crippen LogP contribution is -2.33. The zero-order chi connectivity index (χ0) is 19.8. The van der Waals surface area contributed by atoms with Crippen LogP contribution in [0.25, 0.3) is 0 Å². The van der Waals surface area contributed by atoms with Crippen LogP contribution in [0.15, 0.2) is 84.9 Å². The van der Waals surface area contributed by atoms with Crippen molar-refractivity contribution in [2.24, 2.45) is 0 Å². The van der Waals surface area contributed by atoms with Crippen molar-refractivity contribution in [3.63, 3.8) is 0 Å². The number of anilines is 1. The third-order valence-corrected chi connectivity index (χ3v) is 4.66. The van der Waals surface area contributed by atoms with Gasteiger partial charge in [-0.3, -0.25) is 9.59 Å². The smallest absolute Gasteiger partial charge is 0.243 e. The molecule has 2 N–H and O–H groups in total. The van der Waals surface area contributed by atoms with Crippen molar-refractivity contribution in [3.05, 3.63) is 102 Å². The average molecular weight is 372 g/mol. The summed E-state index contributed by atoms with van der Waals surface area (Å²) in [4.78, 5) is 24.7.